The van der Waals surface area contributed by atoms with Crippen molar-refractivity contribution in [2.75, 3.05) is 0 Å². The number of hydrogen-bond donors (Lipinski definition) is 0. The summed E-state index contributed by atoms with van der Waals surface area (Å²) in [5.74, 6) is 2.04. The molecule has 2 heteroatoms. The van der Waals surface area contributed by atoms with Crippen LogP contribution < -0.4 is 4.74 Å². The van der Waals surface area contributed by atoms with E-state index in [1.807, 2.05) is 6.07 Å². The van der Waals surface area contributed by atoms with Crippen LogP contribution in [-0.2, 0) is 0 Å². The fourth-order valence-corrected chi connectivity index (χ4v) is 8.69. The van der Waals surface area contributed by atoms with Crippen molar-refractivity contribution < 1.29 is 9.15 Å². The maximum atomic E-state index is 6.48. The van der Waals surface area contributed by atoms with Crippen molar-refractivity contribution >= 4 is 38.6 Å². The summed E-state index contributed by atoms with van der Waals surface area (Å²) in [5, 5.41) is 6.13. The van der Waals surface area contributed by atoms with Gasteiger partial charge in [-0.25, -0.2) is 0 Å². The van der Waals surface area contributed by atoms with Crippen molar-refractivity contribution in [1.29, 1.82) is 0 Å². The molecule has 0 fully saturated rings. The van der Waals surface area contributed by atoms with Crippen LogP contribution >= 0.6 is 0 Å². The van der Waals surface area contributed by atoms with Gasteiger partial charge in [0.1, 0.15) is 11.3 Å². The van der Waals surface area contributed by atoms with Crippen LogP contribution in [0.3, 0.4) is 0 Å². The Morgan fingerprint density at radius 1 is 0.423 bits per heavy atom. The second kappa shape index (κ2) is 11.4. The van der Waals surface area contributed by atoms with Gasteiger partial charge in [-0.1, -0.05) is 164 Å². The molecule has 1 aliphatic carbocycles. The average molecular weight is 665 g/mol. The SMILES string of the molecule is C1=CC2c3ccccc3OC2c2oc3ccc(-c4ccc(-c5c6ccccc6c(-c6ccccc6-c6ccccc6)c6ccccc56)cc4)cc3c21. The smallest absolute Gasteiger partial charge is 0.167 e. The summed E-state index contributed by atoms with van der Waals surface area (Å²) in [5.41, 5.74) is 13.0. The third-order valence-corrected chi connectivity index (χ3v) is 11.1. The van der Waals surface area contributed by atoms with E-state index >= 15 is 0 Å². The summed E-state index contributed by atoms with van der Waals surface area (Å²) in [7, 11) is 0. The van der Waals surface area contributed by atoms with Crippen LogP contribution in [0.15, 0.2) is 180 Å². The lowest BCUT2D eigenvalue weighted by Crippen LogP contribution is -2.11. The van der Waals surface area contributed by atoms with Gasteiger partial charge in [0, 0.05) is 16.5 Å². The molecule has 9 aromatic rings. The monoisotopic (exact) mass is 664 g/mol. The molecule has 0 bridgehead atoms. The predicted molar refractivity (Wildman–Crippen MR) is 215 cm³/mol. The summed E-state index contributed by atoms with van der Waals surface area (Å²) in [4.78, 5) is 0. The minimum atomic E-state index is -0.129. The summed E-state index contributed by atoms with van der Waals surface area (Å²) in [6.45, 7) is 0. The molecule has 0 amide bonds. The molecule has 0 N–H and O–H groups in total. The van der Waals surface area contributed by atoms with Crippen LogP contribution in [0.1, 0.15) is 28.9 Å². The molecule has 8 aromatic carbocycles. The minimum absolute atomic E-state index is 0.129. The lowest BCUT2D eigenvalue weighted by atomic mass is 9.83. The number of ether oxygens (including phenoxy) is 1. The number of hydrogen-bond acceptors (Lipinski definition) is 2. The van der Waals surface area contributed by atoms with Crippen LogP contribution in [0, 0.1) is 0 Å². The van der Waals surface area contributed by atoms with Gasteiger partial charge in [0.2, 0.25) is 0 Å². The first kappa shape index (κ1) is 29.1. The Morgan fingerprint density at radius 2 is 1.02 bits per heavy atom. The molecule has 0 saturated heterocycles. The Bertz CT molecular complexity index is 2820. The zero-order chi connectivity index (χ0) is 34.2. The van der Waals surface area contributed by atoms with Crippen molar-refractivity contribution in [3.8, 4) is 50.3 Å². The Hall–Kier alpha value is -6.64. The Kier molecular flexibility index (Phi) is 6.41. The van der Waals surface area contributed by atoms with Gasteiger partial charge in [0.05, 0.1) is 5.92 Å². The van der Waals surface area contributed by atoms with Crippen LogP contribution in [-0.4, -0.2) is 0 Å². The quantitative estimate of drug-likeness (QED) is 0.175. The molecule has 52 heavy (non-hydrogen) atoms. The lowest BCUT2D eigenvalue weighted by molar-refractivity contribution is 0.193. The molecule has 2 nitrogen and oxygen atoms in total. The fourth-order valence-electron chi connectivity index (χ4n) is 8.69. The highest BCUT2D eigenvalue weighted by Gasteiger charge is 2.40. The first-order valence-corrected chi connectivity index (χ1v) is 18.0. The molecule has 11 rings (SSSR count). The van der Waals surface area contributed by atoms with Gasteiger partial charge < -0.3 is 9.15 Å². The molecule has 2 heterocycles. The van der Waals surface area contributed by atoms with Crippen LogP contribution in [0.4, 0.5) is 0 Å². The fraction of sp³-hybridized carbons (Fsp3) is 0.0400. The molecule has 2 unspecified atom stereocenters. The van der Waals surface area contributed by atoms with E-state index < -0.39 is 0 Å². The van der Waals surface area contributed by atoms with Crippen molar-refractivity contribution in [3.63, 3.8) is 0 Å². The maximum absolute atomic E-state index is 6.48. The average Bonchev–Trinajstić information content (AvgIpc) is 3.79. The summed E-state index contributed by atoms with van der Waals surface area (Å²) < 4.78 is 12.9. The van der Waals surface area contributed by atoms with E-state index in [2.05, 4.69) is 176 Å². The molecular weight excluding hydrogens is 633 g/mol. The first-order chi connectivity index (χ1) is 25.8. The van der Waals surface area contributed by atoms with E-state index in [9.17, 15) is 0 Å². The Balaban J connectivity index is 1.02. The van der Waals surface area contributed by atoms with E-state index in [-0.39, 0.29) is 12.0 Å². The van der Waals surface area contributed by atoms with Crippen LogP contribution in [0.25, 0.3) is 83.1 Å². The van der Waals surface area contributed by atoms with Gasteiger partial charge in [-0.3, -0.25) is 0 Å². The van der Waals surface area contributed by atoms with Gasteiger partial charge in [-0.15, -0.1) is 0 Å². The first-order valence-electron chi connectivity index (χ1n) is 18.0. The van der Waals surface area contributed by atoms with E-state index in [1.165, 1.54) is 66.1 Å². The van der Waals surface area contributed by atoms with Gasteiger partial charge in [-0.2, -0.15) is 0 Å². The third kappa shape index (κ3) is 4.37. The van der Waals surface area contributed by atoms with Gasteiger partial charge in [-0.05, 0) is 84.3 Å². The van der Waals surface area contributed by atoms with E-state index in [0.717, 1.165) is 33.6 Å². The highest BCUT2D eigenvalue weighted by atomic mass is 16.5. The Morgan fingerprint density at radius 3 is 1.77 bits per heavy atom. The summed E-state index contributed by atoms with van der Waals surface area (Å²) in [6.07, 6.45) is 4.37. The zero-order valence-corrected chi connectivity index (χ0v) is 28.3. The molecule has 244 valence electrons. The van der Waals surface area contributed by atoms with E-state index in [0.29, 0.717) is 0 Å². The summed E-state index contributed by atoms with van der Waals surface area (Å²) >= 11 is 0. The largest absolute Gasteiger partial charge is 0.481 e. The molecule has 1 aromatic heterocycles. The molecule has 2 atom stereocenters. The van der Waals surface area contributed by atoms with Gasteiger partial charge in [0.15, 0.2) is 11.9 Å². The normalized spacial score (nSPS) is 15.8. The van der Waals surface area contributed by atoms with E-state index in [1.54, 1.807) is 0 Å². The lowest BCUT2D eigenvalue weighted by Gasteiger charge is -2.19. The van der Waals surface area contributed by atoms with Crippen molar-refractivity contribution in [1.82, 2.24) is 0 Å². The molecule has 1 aliphatic heterocycles. The minimum Gasteiger partial charge on any atom is -0.481 e. The molecule has 0 saturated carbocycles. The van der Waals surface area contributed by atoms with Gasteiger partial charge in [0.25, 0.3) is 0 Å². The number of rotatable bonds is 4. The number of furan rings is 1. The van der Waals surface area contributed by atoms with E-state index in [4.69, 9.17) is 9.15 Å². The molecule has 0 radical (unpaired) electrons. The number of fused-ring (bicyclic) bond motifs is 9. The van der Waals surface area contributed by atoms with Gasteiger partial charge >= 0.3 is 0 Å². The summed E-state index contributed by atoms with van der Waals surface area (Å²) in [6, 6.07) is 61.2. The second-order valence-corrected chi connectivity index (χ2v) is 13.9. The maximum Gasteiger partial charge on any atom is 0.167 e. The van der Waals surface area contributed by atoms with Crippen LogP contribution in [0.2, 0.25) is 0 Å². The topological polar surface area (TPSA) is 22.4 Å². The number of benzene rings is 8. The van der Waals surface area contributed by atoms with Crippen molar-refractivity contribution in [3.05, 3.63) is 193 Å². The van der Waals surface area contributed by atoms with Crippen molar-refractivity contribution in [2.45, 2.75) is 12.0 Å². The predicted octanol–water partition coefficient (Wildman–Crippen LogP) is 13.7. The zero-order valence-electron chi connectivity index (χ0n) is 28.3. The standard InChI is InChI=1S/C50H32O2/c1-2-12-32(13-3-1)35-14-4-5-16-37(35)48-40-19-8-6-17-38(40)47(39-18-7-9-20-41(39)48)33-24-22-31(23-25-33)34-26-29-46-44(30-34)43-28-27-42-36-15-10-11-21-45(36)51-49(42)50(43)52-46/h1-30,42,49H. The van der Waals surface area contributed by atoms with Crippen LogP contribution in [0.5, 0.6) is 5.75 Å². The highest BCUT2D eigenvalue weighted by Crippen LogP contribution is 2.52. The number of para-hydroxylation sites is 1. The highest BCUT2D eigenvalue weighted by molar-refractivity contribution is 6.22. The molecular formula is C50H32O2. The van der Waals surface area contributed by atoms with Crippen molar-refractivity contribution in [2.24, 2.45) is 0 Å². The third-order valence-electron chi connectivity index (χ3n) is 11.1. The Labute approximate surface area is 301 Å². The molecule has 0 spiro atoms. The second-order valence-electron chi connectivity index (χ2n) is 13.9. The molecule has 2 aliphatic rings.